The average molecular weight is 251 g/mol. The summed E-state index contributed by atoms with van der Waals surface area (Å²) in [5.41, 5.74) is 6.85. The van der Waals surface area contributed by atoms with Crippen LogP contribution in [-0.4, -0.2) is 25.9 Å². The van der Waals surface area contributed by atoms with Gasteiger partial charge in [-0.2, -0.15) is 0 Å². The number of nitrogens with two attached hydrogens (primary N) is 1. The molecule has 3 atom stereocenters. The van der Waals surface area contributed by atoms with Crippen LogP contribution in [-0.2, 0) is 4.74 Å². The van der Waals surface area contributed by atoms with Gasteiger partial charge in [-0.3, -0.25) is 0 Å². The number of hydrogen-bond acceptors (Lipinski definition) is 4. The zero-order valence-electron chi connectivity index (χ0n) is 11.4. The van der Waals surface area contributed by atoms with Crippen LogP contribution in [0.4, 0.5) is 0 Å². The van der Waals surface area contributed by atoms with Crippen LogP contribution in [0.2, 0.25) is 0 Å². The molecule has 0 radical (unpaired) electrons. The fourth-order valence-corrected chi connectivity index (χ4v) is 2.37. The highest BCUT2D eigenvalue weighted by Gasteiger charge is 2.40. The summed E-state index contributed by atoms with van der Waals surface area (Å²) in [6.07, 6.45) is 0.712. The van der Waals surface area contributed by atoms with Crippen molar-refractivity contribution in [2.45, 2.75) is 38.0 Å². The molecular formula is C14H21NO3. The number of ether oxygens (including phenoxy) is 3. The Kier molecular flexibility index (Phi) is 3.50. The quantitative estimate of drug-likeness (QED) is 0.895. The van der Waals surface area contributed by atoms with Crippen LogP contribution in [0.1, 0.15) is 31.9 Å². The van der Waals surface area contributed by atoms with E-state index in [0.717, 1.165) is 23.5 Å². The van der Waals surface area contributed by atoms with E-state index in [9.17, 15) is 0 Å². The van der Waals surface area contributed by atoms with Gasteiger partial charge < -0.3 is 19.9 Å². The number of methoxy groups -OCH3 is 2. The number of hydrogen-bond donors (Lipinski definition) is 1. The second-order valence-corrected chi connectivity index (χ2v) is 5.01. The third-order valence-electron chi connectivity index (χ3n) is 3.80. The van der Waals surface area contributed by atoms with Gasteiger partial charge in [0.2, 0.25) is 0 Å². The Labute approximate surface area is 108 Å². The first-order valence-electron chi connectivity index (χ1n) is 6.15. The molecule has 0 bridgehead atoms. The largest absolute Gasteiger partial charge is 0.497 e. The van der Waals surface area contributed by atoms with Gasteiger partial charge in [0.15, 0.2) is 0 Å². The van der Waals surface area contributed by atoms with Crippen LogP contribution in [0, 0.1) is 0 Å². The van der Waals surface area contributed by atoms with Crippen molar-refractivity contribution >= 4 is 0 Å². The minimum absolute atomic E-state index is 0.0251. The summed E-state index contributed by atoms with van der Waals surface area (Å²) in [5.74, 6) is 1.56. The Morgan fingerprint density at radius 2 is 2.17 bits per heavy atom. The summed E-state index contributed by atoms with van der Waals surface area (Å²) in [5, 5.41) is 0. The highest BCUT2D eigenvalue weighted by atomic mass is 16.5. The van der Waals surface area contributed by atoms with E-state index in [2.05, 4.69) is 0 Å². The van der Waals surface area contributed by atoms with Crippen molar-refractivity contribution < 1.29 is 14.2 Å². The standard InChI is InChI=1S/C14H21NO3/c1-9(16-3)14(2)8-12(15)11-6-5-10(17-4)7-13(11)18-14/h5-7,9,12H,8,15H2,1-4H3/t9?,12-,14?/m1/s1. The van der Waals surface area contributed by atoms with Gasteiger partial charge in [-0.1, -0.05) is 6.07 Å². The molecule has 0 amide bonds. The lowest BCUT2D eigenvalue weighted by molar-refractivity contribution is -0.0708. The van der Waals surface area contributed by atoms with E-state index in [-0.39, 0.29) is 12.1 Å². The zero-order valence-corrected chi connectivity index (χ0v) is 11.4. The smallest absolute Gasteiger partial charge is 0.134 e. The van der Waals surface area contributed by atoms with Gasteiger partial charge in [-0.05, 0) is 19.9 Å². The lowest BCUT2D eigenvalue weighted by Crippen LogP contribution is -2.49. The van der Waals surface area contributed by atoms with Crippen molar-refractivity contribution in [3.8, 4) is 11.5 Å². The summed E-state index contributed by atoms with van der Waals surface area (Å²) >= 11 is 0. The van der Waals surface area contributed by atoms with E-state index < -0.39 is 5.60 Å². The Morgan fingerprint density at radius 3 is 2.78 bits per heavy atom. The zero-order chi connectivity index (χ0) is 13.3. The van der Waals surface area contributed by atoms with E-state index in [1.165, 1.54) is 0 Å². The van der Waals surface area contributed by atoms with Crippen molar-refractivity contribution in [1.82, 2.24) is 0 Å². The topological polar surface area (TPSA) is 53.7 Å². The highest BCUT2D eigenvalue weighted by molar-refractivity contribution is 5.44. The van der Waals surface area contributed by atoms with Crippen LogP contribution in [0.25, 0.3) is 0 Å². The first-order valence-corrected chi connectivity index (χ1v) is 6.15. The van der Waals surface area contributed by atoms with Gasteiger partial charge in [-0.25, -0.2) is 0 Å². The molecule has 1 aromatic rings. The molecule has 0 aliphatic carbocycles. The molecule has 2 unspecified atom stereocenters. The Bertz CT molecular complexity index is 435. The van der Waals surface area contributed by atoms with Gasteiger partial charge in [0.25, 0.3) is 0 Å². The van der Waals surface area contributed by atoms with Crippen LogP contribution in [0.3, 0.4) is 0 Å². The fourth-order valence-electron chi connectivity index (χ4n) is 2.37. The van der Waals surface area contributed by atoms with Crippen molar-refractivity contribution in [1.29, 1.82) is 0 Å². The van der Waals surface area contributed by atoms with Gasteiger partial charge in [-0.15, -0.1) is 0 Å². The molecule has 0 fully saturated rings. The number of benzene rings is 1. The molecule has 2 rings (SSSR count). The Balaban J connectivity index is 2.37. The molecule has 2 N–H and O–H groups in total. The maximum absolute atomic E-state index is 6.23. The fraction of sp³-hybridized carbons (Fsp3) is 0.571. The van der Waals surface area contributed by atoms with E-state index in [0.29, 0.717) is 0 Å². The molecule has 4 nitrogen and oxygen atoms in total. The number of rotatable bonds is 3. The molecule has 1 heterocycles. The SMILES string of the molecule is COc1ccc2c(c1)OC(C)(C(C)OC)C[C@H]2N. The maximum Gasteiger partial charge on any atom is 0.134 e. The minimum Gasteiger partial charge on any atom is -0.497 e. The molecule has 1 aliphatic heterocycles. The van der Waals surface area contributed by atoms with Crippen LogP contribution >= 0.6 is 0 Å². The summed E-state index contributed by atoms with van der Waals surface area (Å²) < 4.78 is 16.7. The third kappa shape index (κ3) is 2.18. The lowest BCUT2D eigenvalue weighted by atomic mass is 9.85. The van der Waals surface area contributed by atoms with E-state index in [1.54, 1.807) is 14.2 Å². The van der Waals surface area contributed by atoms with Crippen molar-refractivity contribution in [2.24, 2.45) is 5.73 Å². The average Bonchev–Trinajstić information content (AvgIpc) is 2.36. The minimum atomic E-state index is -0.409. The van der Waals surface area contributed by atoms with Crippen LogP contribution < -0.4 is 15.2 Å². The predicted molar refractivity (Wildman–Crippen MR) is 70.0 cm³/mol. The van der Waals surface area contributed by atoms with Crippen LogP contribution in [0.15, 0.2) is 18.2 Å². The summed E-state index contributed by atoms with van der Waals surface area (Å²) in [6.45, 7) is 4.03. The van der Waals surface area contributed by atoms with Crippen molar-refractivity contribution in [2.75, 3.05) is 14.2 Å². The number of fused-ring (bicyclic) bond motifs is 1. The molecule has 1 aromatic carbocycles. The van der Waals surface area contributed by atoms with Crippen molar-refractivity contribution in [3.05, 3.63) is 23.8 Å². The Hall–Kier alpha value is -1.26. The molecule has 0 saturated heterocycles. The molecule has 4 heteroatoms. The molecule has 0 saturated carbocycles. The molecule has 1 aliphatic rings. The predicted octanol–water partition coefficient (Wildman–Crippen LogP) is 2.27. The van der Waals surface area contributed by atoms with E-state index in [4.69, 9.17) is 19.9 Å². The highest BCUT2D eigenvalue weighted by Crippen LogP contribution is 2.41. The van der Waals surface area contributed by atoms with Gasteiger partial charge in [0.1, 0.15) is 17.1 Å². The first-order chi connectivity index (χ1) is 8.50. The third-order valence-corrected chi connectivity index (χ3v) is 3.80. The van der Waals surface area contributed by atoms with Crippen molar-refractivity contribution in [3.63, 3.8) is 0 Å². The molecular weight excluding hydrogens is 230 g/mol. The molecule has 18 heavy (non-hydrogen) atoms. The van der Waals surface area contributed by atoms with Gasteiger partial charge in [0, 0.05) is 31.2 Å². The summed E-state index contributed by atoms with van der Waals surface area (Å²) in [7, 11) is 3.33. The van der Waals surface area contributed by atoms with E-state index in [1.807, 2.05) is 32.0 Å². The van der Waals surface area contributed by atoms with Crippen LogP contribution in [0.5, 0.6) is 11.5 Å². The monoisotopic (exact) mass is 251 g/mol. The normalized spacial score (nSPS) is 28.2. The van der Waals surface area contributed by atoms with Gasteiger partial charge in [0.05, 0.1) is 13.2 Å². The molecule has 100 valence electrons. The molecule has 0 spiro atoms. The maximum atomic E-state index is 6.23. The lowest BCUT2D eigenvalue weighted by Gasteiger charge is -2.41. The van der Waals surface area contributed by atoms with E-state index >= 15 is 0 Å². The second-order valence-electron chi connectivity index (χ2n) is 5.01. The first kappa shape index (κ1) is 13.2. The second kappa shape index (κ2) is 4.78. The summed E-state index contributed by atoms with van der Waals surface area (Å²) in [6, 6.07) is 5.72. The molecule has 0 aromatic heterocycles. The van der Waals surface area contributed by atoms with Gasteiger partial charge >= 0.3 is 0 Å². The summed E-state index contributed by atoms with van der Waals surface area (Å²) in [4.78, 5) is 0. The Morgan fingerprint density at radius 1 is 1.44 bits per heavy atom.